The molecule has 0 radical (unpaired) electrons. The van der Waals surface area contributed by atoms with E-state index in [1.165, 1.54) is 19.0 Å². The molecule has 1 aliphatic rings. The van der Waals surface area contributed by atoms with Crippen LogP contribution in [0.4, 0.5) is 0 Å². The van der Waals surface area contributed by atoms with E-state index in [1.54, 1.807) is 0 Å². The highest BCUT2D eigenvalue weighted by molar-refractivity contribution is 6.03. The van der Waals surface area contributed by atoms with Gasteiger partial charge in [-0.2, -0.15) is 0 Å². The van der Waals surface area contributed by atoms with Crippen molar-refractivity contribution in [3.63, 3.8) is 0 Å². The van der Waals surface area contributed by atoms with Crippen molar-refractivity contribution in [3.05, 3.63) is 66.5 Å². The maximum Gasteiger partial charge on any atom is 0.305 e. The Labute approximate surface area is 217 Å². The van der Waals surface area contributed by atoms with Gasteiger partial charge in [0.05, 0.1) is 7.11 Å². The second kappa shape index (κ2) is 11.6. The van der Waals surface area contributed by atoms with Crippen LogP contribution in [0.1, 0.15) is 38.2 Å². The second-order valence-corrected chi connectivity index (χ2v) is 9.44. The van der Waals surface area contributed by atoms with E-state index in [-0.39, 0.29) is 12.1 Å². The minimum atomic E-state index is -0.165. The van der Waals surface area contributed by atoms with Crippen LogP contribution in [0.25, 0.3) is 33.6 Å². The molecule has 1 unspecified atom stereocenters. The Kier molecular flexibility index (Phi) is 7.80. The topological polar surface area (TPSA) is 77.7 Å². The fourth-order valence-electron chi connectivity index (χ4n) is 4.99. The lowest BCUT2D eigenvalue weighted by Gasteiger charge is -2.32. The third-order valence-corrected chi connectivity index (χ3v) is 6.96. The van der Waals surface area contributed by atoms with Gasteiger partial charge in [0.15, 0.2) is 0 Å². The van der Waals surface area contributed by atoms with Gasteiger partial charge >= 0.3 is 5.97 Å². The first-order chi connectivity index (χ1) is 18.2. The smallest absolute Gasteiger partial charge is 0.305 e. The molecule has 4 aromatic rings. The van der Waals surface area contributed by atoms with Crippen LogP contribution in [0, 0.1) is 0 Å². The van der Waals surface area contributed by atoms with Gasteiger partial charge in [-0.05, 0) is 49.9 Å². The number of aromatic nitrogens is 2. The summed E-state index contributed by atoms with van der Waals surface area (Å²) < 4.78 is 17.7. The van der Waals surface area contributed by atoms with Gasteiger partial charge in [0.2, 0.25) is 11.6 Å². The van der Waals surface area contributed by atoms with E-state index >= 15 is 0 Å². The molecule has 2 aromatic heterocycles. The number of carbonyl (C=O) groups is 1. The lowest BCUT2D eigenvalue weighted by Crippen LogP contribution is -2.41. The minimum Gasteiger partial charge on any atom is -0.472 e. The molecule has 0 amide bonds. The van der Waals surface area contributed by atoms with Crippen LogP contribution in [-0.4, -0.2) is 53.7 Å². The predicted octanol–water partition coefficient (Wildman–Crippen LogP) is 5.92. The van der Waals surface area contributed by atoms with Crippen molar-refractivity contribution in [2.24, 2.45) is 0 Å². The lowest BCUT2D eigenvalue weighted by molar-refractivity contribution is -0.140. The first-order valence-corrected chi connectivity index (χ1v) is 13.0. The third-order valence-electron chi connectivity index (χ3n) is 6.96. The molecule has 2 aromatic carbocycles. The summed E-state index contributed by atoms with van der Waals surface area (Å²) in [6, 6.07) is 18.7. The molecular weight excluding hydrogens is 466 g/mol. The van der Waals surface area contributed by atoms with Crippen molar-refractivity contribution in [1.29, 1.82) is 0 Å². The van der Waals surface area contributed by atoms with Gasteiger partial charge in [0.25, 0.3) is 0 Å². The molecule has 192 valence electrons. The van der Waals surface area contributed by atoms with Crippen molar-refractivity contribution < 1.29 is 18.7 Å². The summed E-state index contributed by atoms with van der Waals surface area (Å²) in [4.78, 5) is 22.9. The summed E-state index contributed by atoms with van der Waals surface area (Å²) in [6.07, 6.45) is 5.67. The van der Waals surface area contributed by atoms with E-state index < -0.39 is 0 Å². The number of carbonyl (C=O) groups excluding carboxylic acids is 1. The van der Waals surface area contributed by atoms with E-state index in [0.29, 0.717) is 18.0 Å². The van der Waals surface area contributed by atoms with Crippen molar-refractivity contribution >= 4 is 17.1 Å². The van der Waals surface area contributed by atoms with Crippen molar-refractivity contribution in [3.8, 4) is 28.3 Å². The number of likely N-dealkylation sites (tertiary alicyclic amines) is 1. The van der Waals surface area contributed by atoms with Crippen LogP contribution >= 0.6 is 0 Å². The summed E-state index contributed by atoms with van der Waals surface area (Å²) in [5, 5.41) is 0.799. The number of fused-ring (bicyclic) bond motifs is 1. The van der Waals surface area contributed by atoms with Crippen LogP contribution in [0.5, 0.6) is 5.88 Å². The van der Waals surface area contributed by atoms with Crippen LogP contribution in [0.3, 0.4) is 0 Å². The summed E-state index contributed by atoms with van der Waals surface area (Å²) >= 11 is 0. The zero-order valence-corrected chi connectivity index (χ0v) is 21.5. The van der Waals surface area contributed by atoms with Crippen molar-refractivity contribution in [1.82, 2.24) is 14.9 Å². The first kappa shape index (κ1) is 25.0. The average Bonchev–Trinajstić information content (AvgIpc) is 3.34. The highest BCUT2D eigenvalue weighted by atomic mass is 16.5. The van der Waals surface area contributed by atoms with Gasteiger partial charge < -0.3 is 13.9 Å². The van der Waals surface area contributed by atoms with Crippen molar-refractivity contribution in [2.75, 3.05) is 26.7 Å². The maximum absolute atomic E-state index is 11.5. The number of piperidine rings is 1. The standard InChI is InChI=1S/C30H33N3O4/c1-3-21-13-15-22(16-14-21)26-27-29(31-20-32-30(27)37-28(26)23-9-5-4-6-10-23)36-24-11-7-17-33(19-24)18-8-12-25(34)35-2/h4-6,9-10,13-16,20,24H,3,7-8,11-12,17-19H2,1-2H3. The summed E-state index contributed by atoms with van der Waals surface area (Å²) in [5.74, 6) is 1.15. The molecule has 0 N–H and O–H groups in total. The molecule has 7 nitrogen and oxygen atoms in total. The number of rotatable bonds is 9. The summed E-state index contributed by atoms with van der Waals surface area (Å²) in [7, 11) is 1.43. The number of esters is 1. The molecule has 0 aliphatic carbocycles. The molecular formula is C30H33N3O4. The largest absolute Gasteiger partial charge is 0.472 e. The lowest BCUT2D eigenvalue weighted by atomic mass is 9.98. The number of nitrogens with zero attached hydrogens (tertiary/aromatic N) is 3. The van der Waals surface area contributed by atoms with Crippen LogP contribution in [0.15, 0.2) is 65.3 Å². The molecule has 1 atom stereocenters. The zero-order chi connectivity index (χ0) is 25.6. The fraction of sp³-hybridized carbons (Fsp3) is 0.367. The zero-order valence-electron chi connectivity index (χ0n) is 21.5. The highest BCUT2D eigenvalue weighted by Gasteiger charge is 2.26. The Bertz CT molecular complexity index is 1330. The van der Waals surface area contributed by atoms with Gasteiger partial charge in [0, 0.05) is 24.1 Å². The number of hydrogen-bond donors (Lipinski definition) is 0. The number of methoxy groups -OCH3 is 1. The van der Waals surface area contributed by atoms with Crippen molar-refractivity contribution in [2.45, 2.75) is 45.1 Å². The molecule has 0 spiro atoms. The number of hydrogen-bond acceptors (Lipinski definition) is 7. The average molecular weight is 500 g/mol. The fourth-order valence-corrected chi connectivity index (χ4v) is 4.99. The monoisotopic (exact) mass is 499 g/mol. The number of furan rings is 1. The van der Waals surface area contributed by atoms with E-state index in [9.17, 15) is 4.79 Å². The van der Waals surface area contributed by atoms with Gasteiger partial charge in [0.1, 0.15) is 23.6 Å². The number of aryl methyl sites for hydroxylation is 1. The Balaban J connectivity index is 1.47. The minimum absolute atomic E-state index is 0.00429. The first-order valence-electron chi connectivity index (χ1n) is 13.0. The van der Waals surface area contributed by atoms with Crippen LogP contribution < -0.4 is 4.74 Å². The molecule has 37 heavy (non-hydrogen) atoms. The number of benzene rings is 2. The summed E-state index contributed by atoms with van der Waals surface area (Å²) in [5.41, 5.74) is 4.77. The van der Waals surface area contributed by atoms with Gasteiger partial charge in [-0.15, -0.1) is 0 Å². The highest BCUT2D eigenvalue weighted by Crippen LogP contribution is 2.43. The van der Waals surface area contributed by atoms with Gasteiger partial charge in [-0.1, -0.05) is 61.5 Å². The maximum atomic E-state index is 11.5. The SMILES string of the molecule is CCc1ccc(-c2c(-c3ccccc3)oc3ncnc(OC4CCCN(CCCC(=O)OC)C4)c23)cc1. The molecule has 7 heteroatoms. The predicted molar refractivity (Wildman–Crippen MR) is 143 cm³/mol. The van der Waals surface area contributed by atoms with Crippen LogP contribution in [-0.2, 0) is 16.0 Å². The summed E-state index contributed by atoms with van der Waals surface area (Å²) in [6.45, 7) is 4.78. The van der Waals surface area contributed by atoms with Gasteiger partial charge in [-0.25, -0.2) is 9.97 Å². The molecule has 0 bridgehead atoms. The Morgan fingerprint density at radius 2 is 1.89 bits per heavy atom. The van der Waals surface area contributed by atoms with E-state index in [2.05, 4.69) is 46.1 Å². The Morgan fingerprint density at radius 3 is 2.65 bits per heavy atom. The van der Waals surface area contributed by atoms with E-state index in [1.807, 2.05) is 30.3 Å². The molecule has 0 saturated carbocycles. The molecule has 1 fully saturated rings. The molecule has 3 heterocycles. The second-order valence-electron chi connectivity index (χ2n) is 9.44. The van der Waals surface area contributed by atoms with Gasteiger partial charge in [-0.3, -0.25) is 9.69 Å². The third kappa shape index (κ3) is 5.67. The van der Waals surface area contributed by atoms with E-state index in [4.69, 9.17) is 13.9 Å². The van der Waals surface area contributed by atoms with E-state index in [0.717, 1.165) is 73.2 Å². The number of ether oxygens (including phenoxy) is 2. The molecule has 5 rings (SSSR count). The molecule has 1 saturated heterocycles. The quantitative estimate of drug-likeness (QED) is 0.265. The van der Waals surface area contributed by atoms with Crippen LogP contribution in [0.2, 0.25) is 0 Å². The Hall–Kier alpha value is -3.71. The molecule has 1 aliphatic heterocycles. The Morgan fingerprint density at radius 1 is 1.08 bits per heavy atom. The normalized spacial score (nSPS) is 16.1.